The van der Waals surface area contributed by atoms with Crippen molar-refractivity contribution in [1.82, 2.24) is 9.88 Å². The van der Waals surface area contributed by atoms with Crippen molar-refractivity contribution in [2.24, 2.45) is 0 Å². The van der Waals surface area contributed by atoms with E-state index in [-0.39, 0.29) is 18.1 Å². The number of anilines is 2. The minimum Gasteiger partial charge on any atom is -0.496 e. The molecule has 2 N–H and O–H groups in total. The van der Waals surface area contributed by atoms with Gasteiger partial charge in [0.2, 0.25) is 5.91 Å². The molecule has 0 bridgehead atoms. The van der Waals surface area contributed by atoms with Crippen molar-refractivity contribution in [3.05, 3.63) is 52.7 Å². The number of carbonyl (C=O) groups is 2. The Morgan fingerprint density at radius 1 is 1.12 bits per heavy atom. The lowest BCUT2D eigenvalue weighted by Gasteiger charge is -2.36. The van der Waals surface area contributed by atoms with Crippen LogP contribution in [0.1, 0.15) is 16.1 Å². The molecule has 174 valence electrons. The van der Waals surface area contributed by atoms with Gasteiger partial charge < -0.3 is 24.7 Å². The van der Waals surface area contributed by atoms with Gasteiger partial charge in [-0.15, -0.1) is 0 Å². The van der Waals surface area contributed by atoms with Gasteiger partial charge in [-0.3, -0.25) is 9.69 Å². The number of hydrogen-bond acceptors (Lipinski definition) is 6. The molecule has 1 amide bonds. The van der Waals surface area contributed by atoms with E-state index in [1.165, 1.54) is 12.7 Å². The number of hydrogen-bond donors (Lipinski definition) is 2. The monoisotopic (exact) mass is 470 g/mol. The van der Waals surface area contributed by atoms with Crippen molar-refractivity contribution in [3.8, 4) is 5.75 Å². The summed E-state index contributed by atoms with van der Waals surface area (Å²) in [6, 6.07) is 11.3. The van der Waals surface area contributed by atoms with Crippen LogP contribution in [0.4, 0.5) is 11.4 Å². The zero-order valence-electron chi connectivity index (χ0n) is 18.9. The number of aromatic nitrogens is 1. The molecule has 1 aliphatic rings. The van der Waals surface area contributed by atoms with Crippen LogP contribution in [0.15, 0.2) is 36.4 Å². The van der Waals surface area contributed by atoms with Crippen LogP contribution in [0.2, 0.25) is 5.02 Å². The maximum atomic E-state index is 12.9. The van der Waals surface area contributed by atoms with E-state index in [2.05, 4.69) is 27.0 Å². The van der Waals surface area contributed by atoms with Gasteiger partial charge in [0, 0.05) is 36.9 Å². The van der Waals surface area contributed by atoms with E-state index in [0.29, 0.717) is 27.4 Å². The first kappa shape index (κ1) is 22.9. The lowest BCUT2D eigenvalue weighted by Crippen LogP contribution is -2.48. The fourth-order valence-electron chi connectivity index (χ4n) is 4.22. The average molecular weight is 471 g/mol. The molecule has 8 nitrogen and oxygen atoms in total. The molecule has 2 aromatic carbocycles. The first-order valence-corrected chi connectivity index (χ1v) is 11.1. The number of carbonyl (C=O) groups excluding carboxylic acids is 2. The molecule has 0 unspecified atom stereocenters. The van der Waals surface area contributed by atoms with Crippen molar-refractivity contribution < 1.29 is 19.1 Å². The molecule has 0 atom stereocenters. The molecule has 3 aromatic rings. The third kappa shape index (κ3) is 4.77. The van der Waals surface area contributed by atoms with Crippen LogP contribution in [0.25, 0.3) is 10.9 Å². The predicted octanol–water partition coefficient (Wildman–Crippen LogP) is 3.69. The predicted molar refractivity (Wildman–Crippen MR) is 130 cm³/mol. The summed E-state index contributed by atoms with van der Waals surface area (Å²) in [6.45, 7) is 5.34. The van der Waals surface area contributed by atoms with Gasteiger partial charge in [0.1, 0.15) is 11.4 Å². The fraction of sp³-hybridized carbons (Fsp3) is 0.333. The van der Waals surface area contributed by atoms with Crippen LogP contribution in [0, 0.1) is 6.92 Å². The standard InChI is InChI=1S/C24H27ClN4O4/c1-15-7-8-16(25)13-18(15)29-11-9-28(10-12-29)14-20(30)27-22-21-17(5-4-6-19(21)32-2)26-23(22)24(31)33-3/h4-8,13,26H,9-12,14H2,1-3H3,(H,27,30). The highest BCUT2D eigenvalue weighted by Gasteiger charge is 2.25. The van der Waals surface area contributed by atoms with Gasteiger partial charge in [0.25, 0.3) is 0 Å². The molecule has 0 saturated carbocycles. The van der Waals surface area contributed by atoms with E-state index in [4.69, 9.17) is 21.1 Å². The summed E-state index contributed by atoms with van der Waals surface area (Å²) in [5.74, 6) is -0.215. The van der Waals surface area contributed by atoms with E-state index in [1.807, 2.05) is 30.3 Å². The van der Waals surface area contributed by atoms with E-state index in [9.17, 15) is 9.59 Å². The molecule has 1 aromatic heterocycles. The van der Waals surface area contributed by atoms with Crippen LogP contribution in [-0.4, -0.2) is 68.7 Å². The average Bonchev–Trinajstić information content (AvgIpc) is 3.19. The SMILES string of the molecule is COC(=O)c1[nH]c2cccc(OC)c2c1NC(=O)CN1CCN(c2cc(Cl)ccc2C)CC1. The number of aromatic amines is 1. The number of piperazine rings is 1. The summed E-state index contributed by atoms with van der Waals surface area (Å²) in [7, 11) is 2.85. The Morgan fingerprint density at radius 2 is 1.88 bits per heavy atom. The summed E-state index contributed by atoms with van der Waals surface area (Å²) in [4.78, 5) is 32.7. The van der Waals surface area contributed by atoms with Crippen molar-refractivity contribution in [2.45, 2.75) is 6.92 Å². The maximum absolute atomic E-state index is 12.9. The highest BCUT2D eigenvalue weighted by Crippen LogP contribution is 2.35. The van der Waals surface area contributed by atoms with Crippen LogP contribution in [0.3, 0.4) is 0 Å². The number of halogens is 1. The highest BCUT2D eigenvalue weighted by atomic mass is 35.5. The van der Waals surface area contributed by atoms with Gasteiger partial charge in [-0.1, -0.05) is 23.7 Å². The van der Waals surface area contributed by atoms with Gasteiger partial charge in [0.15, 0.2) is 0 Å². The summed E-state index contributed by atoms with van der Waals surface area (Å²) < 4.78 is 10.3. The summed E-state index contributed by atoms with van der Waals surface area (Å²) in [5.41, 5.74) is 3.53. The number of fused-ring (bicyclic) bond motifs is 1. The Morgan fingerprint density at radius 3 is 2.58 bits per heavy atom. The van der Waals surface area contributed by atoms with Crippen LogP contribution < -0.4 is 15.0 Å². The molecule has 1 fully saturated rings. The van der Waals surface area contributed by atoms with E-state index < -0.39 is 5.97 Å². The van der Waals surface area contributed by atoms with Crippen molar-refractivity contribution in [1.29, 1.82) is 0 Å². The smallest absolute Gasteiger partial charge is 0.356 e. The first-order valence-electron chi connectivity index (χ1n) is 10.7. The van der Waals surface area contributed by atoms with Crippen molar-refractivity contribution >= 4 is 45.8 Å². The maximum Gasteiger partial charge on any atom is 0.356 e. The number of rotatable bonds is 6. The van der Waals surface area contributed by atoms with Gasteiger partial charge in [-0.2, -0.15) is 0 Å². The number of methoxy groups -OCH3 is 2. The first-order chi connectivity index (χ1) is 15.9. The number of nitrogens with one attached hydrogen (secondary N) is 2. The van der Waals surface area contributed by atoms with Gasteiger partial charge in [0.05, 0.1) is 37.4 Å². The van der Waals surface area contributed by atoms with E-state index in [0.717, 1.165) is 31.9 Å². The Kier molecular flexibility index (Phi) is 6.76. The molecule has 4 rings (SSSR count). The highest BCUT2D eigenvalue weighted by molar-refractivity contribution is 6.30. The third-order valence-electron chi connectivity index (χ3n) is 5.91. The lowest BCUT2D eigenvalue weighted by molar-refractivity contribution is -0.117. The molecule has 0 aliphatic carbocycles. The zero-order valence-corrected chi connectivity index (χ0v) is 19.7. The molecule has 0 spiro atoms. The number of esters is 1. The molecule has 33 heavy (non-hydrogen) atoms. The number of ether oxygens (including phenoxy) is 2. The summed E-state index contributed by atoms with van der Waals surface area (Å²) in [6.07, 6.45) is 0. The molecule has 2 heterocycles. The van der Waals surface area contributed by atoms with Crippen LogP contribution in [0.5, 0.6) is 5.75 Å². The Hall–Kier alpha value is -3.23. The van der Waals surface area contributed by atoms with E-state index in [1.54, 1.807) is 13.2 Å². The Labute approximate surface area is 197 Å². The molecule has 0 radical (unpaired) electrons. The Bertz CT molecular complexity index is 1180. The number of aryl methyl sites for hydroxylation is 1. The number of nitrogens with zero attached hydrogens (tertiary/aromatic N) is 2. The van der Waals surface area contributed by atoms with Crippen LogP contribution in [-0.2, 0) is 9.53 Å². The van der Waals surface area contributed by atoms with Crippen molar-refractivity contribution in [2.75, 3.05) is 57.2 Å². The second-order valence-corrected chi connectivity index (χ2v) is 8.43. The Balaban J connectivity index is 1.46. The fourth-order valence-corrected chi connectivity index (χ4v) is 4.38. The van der Waals surface area contributed by atoms with E-state index >= 15 is 0 Å². The molecular formula is C24H27ClN4O4. The quantitative estimate of drug-likeness (QED) is 0.534. The molecule has 1 aliphatic heterocycles. The molecule has 9 heteroatoms. The van der Waals surface area contributed by atoms with Gasteiger partial charge >= 0.3 is 5.97 Å². The minimum absolute atomic E-state index is 0.187. The van der Waals surface area contributed by atoms with Gasteiger partial charge in [-0.25, -0.2) is 4.79 Å². The van der Waals surface area contributed by atoms with Gasteiger partial charge in [-0.05, 0) is 36.8 Å². The van der Waals surface area contributed by atoms with Crippen molar-refractivity contribution in [3.63, 3.8) is 0 Å². The number of H-pyrrole nitrogens is 1. The lowest BCUT2D eigenvalue weighted by atomic mass is 10.1. The minimum atomic E-state index is -0.561. The molecular weight excluding hydrogens is 444 g/mol. The summed E-state index contributed by atoms with van der Waals surface area (Å²) in [5, 5.41) is 4.26. The topological polar surface area (TPSA) is 86.9 Å². The molecule has 1 saturated heterocycles. The number of benzene rings is 2. The third-order valence-corrected chi connectivity index (χ3v) is 6.15. The normalized spacial score (nSPS) is 14.4. The second kappa shape index (κ2) is 9.72. The summed E-state index contributed by atoms with van der Waals surface area (Å²) >= 11 is 6.18. The number of amides is 1. The second-order valence-electron chi connectivity index (χ2n) is 7.99. The largest absolute Gasteiger partial charge is 0.496 e. The zero-order chi connectivity index (χ0) is 23.5. The van der Waals surface area contributed by atoms with Crippen LogP contribution >= 0.6 is 11.6 Å².